The zero-order chi connectivity index (χ0) is 17.2. The molecule has 2 unspecified atom stereocenters. The second-order valence-corrected chi connectivity index (χ2v) is 8.26. The van der Waals surface area contributed by atoms with Crippen LogP contribution in [0.4, 0.5) is 0 Å². The predicted octanol–water partition coefficient (Wildman–Crippen LogP) is 0.745. The zero-order valence-electron chi connectivity index (χ0n) is 15.8. The predicted molar refractivity (Wildman–Crippen MR) is 98.5 cm³/mol. The van der Waals surface area contributed by atoms with Gasteiger partial charge in [0.15, 0.2) is 5.96 Å². The number of aliphatic imine (C=N–C) groups is 1. The van der Waals surface area contributed by atoms with Crippen LogP contribution in [0.25, 0.3) is 0 Å². The van der Waals surface area contributed by atoms with E-state index >= 15 is 0 Å². The minimum Gasteiger partial charge on any atom is -0.378 e. The Labute approximate surface area is 147 Å². The molecule has 1 aliphatic carbocycles. The fraction of sp³-hybridized carbons (Fsp3) is 0.944. The Kier molecular flexibility index (Phi) is 5.67. The van der Waals surface area contributed by atoms with Crippen LogP contribution >= 0.6 is 0 Å². The molecule has 3 fully saturated rings. The van der Waals surface area contributed by atoms with E-state index in [0.717, 1.165) is 51.4 Å². The van der Waals surface area contributed by atoms with E-state index in [0.29, 0.717) is 12.0 Å². The number of nitrogens with one attached hydrogen (secondary N) is 2. The SMILES string of the molecule is CN=C(NCCN1CCOCC1(C)C)NC1CN(C2CC2)CC1C. The average molecular weight is 338 g/mol. The van der Waals surface area contributed by atoms with E-state index < -0.39 is 0 Å². The number of hydrogen-bond donors (Lipinski definition) is 2. The monoisotopic (exact) mass is 337 g/mol. The molecule has 0 amide bonds. The molecule has 6 heteroatoms. The molecule has 2 saturated heterocycles. The molecule has 3 rings (SSSR count). The van der Waals surface area contributed by atoms with Crippen molar-refractivity contribution in [2.45, 2.75) is 51.2 Å². The van der Waals surface area contributed by atoms with E-state index in [-0.39, 0.29) is 5.54 Å². The summed E-state index contributed by atoms with van der Waals surface area (Å²) < 4.78 is 5.60. The van der Waals surface area contributed by atoms with Crippen LogP contribution in [0.3, 0.4) is 0 Å². The van der Waals surface area contributed by atoms with Gasteiger partial charge in [-0.3, -0.25) is 14.8 Å². The first-order valence-corrected chi connectivity index (χ1v) is 9.53. The lowest BCUT2D eigenvalue weighted by atomic mass is 10.0. The Morgan fingerprint density at radius 1 is 1.29 bits per heavy atom. The van der Waals surface area contributed by atoms with Gasteiger partial charge in [0.05, 0.1) is 13.2 Å². The van der Waals surface area contributed by atoms with Gasteiger partial charge in [0.1, 0.15) is 0 Å². The van der Waals surface area contributed by atoms with Crippen molar-refractivity contribution >= 4 is 5.96 Å². The Morgan fingerprint density at radius 3 is 2.75 bits per heavy atom. The summed E-state index contributed by atoms with van der Waals surface area (Å²) >= 11 is 0. The van der Waals surface area contributed by atoms with Crippen LogP contribution < -0.4 is 10.6 Å². The summed E-state index contributed by atoms with van der Waals surface area (Å²) in [7, 11) is 1.87. The number of hydrogen-bond acceptors (Lipinski definition) is 4. The Morgan fingerprint density at radius 2 is 2.08 bits per heavy atom. The number of rotatable bonds is 5. The van der Waals surface area contributed by atoms with Crippen LogP contribution in [0.1, 0.15) is 33.6 Å². The van der Waals surface area contributed by atoms with Crippen molar-refractivity contribution in [2.24, 2.45) is 10.9 Å². The van der Waals surface area contributed by atoms with E-state index in [1.54, 1.807) is 0 Å². The number of guanidine groups is 1. The lowest BCUT2D eigenvalue weighted by Gasteiger charge is -2.42. The maximum Gasteiger partial charge on any atom is 0.191 e. The first-order chi connectivity index (χ1) is 11.5. The van der Waals surface area contributed by atoms with Gasteiger partial charge in [-0.1, -0.05) is 6.92 Å². The highest BCUT2D eigenvalue weighted by atomic mass is 16.5. The van der Waals surface area contributed by atoms with E-state index in [4.69, 9.17) is 4.74 Å². The summed E-state index contributed by atoms with van der Waals surface area (Å²) in [6.07, 6.45) is 2.78. The van der Waals surface area contributed by atoms with Gasteiger partial charge < -0.3 is 15.4 Å². The van der Waals surface area contributed by atoms with Gasteiger partial charge in [-0.25, -0.2) is 0 Å². The van der Waals surface area contributed by atoms with Gasteiger partial charge in [0.2, 0.25) is 0 Å². The molecular weight excluding hydrogens is 302 g/mol. The first-order valence-electron chi connectivity index (χ1n) is 9.53. The molecule has 6 nitrogen and oxygen atoms in total. The highest BCUT2D eigenvalue weighted by molar-refractivity contribution is 5.80. The van der Waals surface area contributed by atoms with E-state index in [1.165, 1.54) is 19.4 Å². The van der Waals surface area contributed by atoms with Crippen molar-refractivity contribution in [3.05, 3.63) is 0 Å². The van der Waals surface area contributed by atoms with Crippen LogP contribution in [0.15, 0.2) is 4.99 Å². The van der Waals surface area contributed by atoms with Gasteiger partial charge in [0, 0.05) is 57.4 Å². The summed E-state index contributed by atoms with van der Waals surface area (Å²) in [5, 5.41) is 7.14. The number of morpholine rings is 1. The fourth-order valence-corrected chi connectivity index (χ4v) is 3.91. The minimum atomic E-state index is 0.127. The van der Waals surface area contributed by atoms with E-state index in [9.17, 15) is 0 Å². The second-order valence-electron chi connectivity index (χ2n) is 8.26. The molecule has 0 spiro atoms. The van der Waals surface area contributed by atoms with Gasteiger partial charge in [-0.15, -0.1) is 0 Å². The maximum absolute atomic E-state index is 5.60. The number of nitrogens with zero attached hydrogens (tertiary/aromatic N) is 3. The highest BCUT2D eigenvalue weighted by Gasteiger charge is 2.38. The Hall–Kier alpha value is -0.850. The quantitative estimate of drug-likeness (QED) is 0.573. The molecule has 0 aromatic carbocycles. The van der Waals surface area contributed by atoms with Gasteiger partial charge in [-0.2, -0.15) is 0 Å². The standard InChI is InChI=1S/C18H35N5O/c1-14-11-22(15-5-6-15)12-16(14)21-17(19-4)20-7-8-23-9-10-24-13-18(23,2)3/h14-16H,5-13H2,1-4H3,(H2,19,20,21). The van der Waals surface area contributed by atoms with Crippen LogP contribution in [0.5, 0.6) is 0 Å². The van der Waals surface area contributed by atoms with Crippen LogP contribution in [0.2, 0.25) is 0 Å². The molecule has 0 aromatic heterocycles. The lowest BCUT2D eigenvalue weighted by molar-refractivity contribution is -0.0496. The topological polar surface area (TPSA) is 52.1 Å². The average Bonchev–Trinajstić information content (AvgIpc) is 3.32. The Bertz CT molecular complexity index is 449. The number of ether oxygens (including phenoxy) is 1. The second kappa shape index (κ2) is 7.58. The summed E-state index contributed by atoms with van der Waals surface area (Å²) in [4.78, 5) is 9.57. The molecule has 1 saturated carbocycles. The van der Waals surface area contributed by atoms with Crippen molar-refractivity contribution in [3.8, 4) is 0 Å². The molecule has 2 N–H and O–H groups in total. The number of likely N-dealkylation sites (tertiary alicyclic amines) is 1. The van der Waals surface area contributed by atoms with Crippen molar-refractivity contribution in [1.82, 2.24) is 20.4 Å². The summed E-state index contributed by atoms with van der Waals surface area (Å²) in [5.74, 6) is 1.62. The molecule has 2 aliphatic heterocycles. The van der Waals surface area contributed by atoms with E-state index in [2.05, 4.69) is 46.2 Å². The summed E-state index contributed by atoms with van der Waals surface area (Å²) in [6.45, 7) is 13.8. The van der Waals surface area contributed by atoms with Crippen LogP contribution in [-0.2, 0) is 4.74 Å². The molecule has 138 valence electrons. The van der Waals surface area contributed by atoms with Gasteiger partial charge >= 0.3 is 0 Å². The van der Waals surface area contributed by atoms with Gasteiger partial charge in [0.25, 0.3) is 0 Å². The van der Waals surface area contributed by atoms with Crippen molar-refractivity contribution in [3.63, 3.8) is 0 Å². The molecule has 2 heterocycles. The normalized spacial score (nSPS) is 32.1. The van der Waals surface area contributed by atoms with Crippen LogP contribution in [0, 0.1) is 5.92 Å². The smallest absolute Gasteiger partial charge is 0.191 e. The third kappa shape index (κ3) is 4.41. The first kappa shape index (κ1) is 18.0. The highest BCUT2D eigenvalue weighted by Crippen LogP contribution is 2.31. The maximum atomic E-state index is 5.60. The van der Waals surface area contributed by atoms with Gasteiger partial charge in [-0.05, 0) is 32.6 Å². The molecule has 24 heavy (non-hydrogen) atoms. The minimum absolute atomic E-state index is 0.127. The third-order valence-corrected chi connectivity index (χ3v) is 5.74. The van der Waals surface area contributed by atoms with Crippen molar-refractivity contribution in [1.29, 1.82) is 0 Å². The Balaban J connectivity index is 1.42. The largest absolute Gasteiger partial charge is 0.378 e. The molecule has 0 aromatic rings. The summed E-state index contributed by atoms with van der Waals surface area (Å²) in [5.41, 5.74) is 0.127. The van der Waals surface area contributed by atoms with Crippen molar-refractivity contribution in [2.75, 3.05) is 53.0 Å². The van der Waals surface area contributed by atoms with Crippen LogP contribution in [-0.4, -0.2) is 86.4 Å². The zero-order valence-corrected chi connectivity index (χ0v) is 15.8. The van der Waals surface area contributed by atoms with Crippen molar-refractivity contribution < 1.29 is 4.74 Å². The molecule has 0 bridgehead atoms. The molecule has 2 atom stereocenters. The lowest BCUT2D eigenvalue weighted by Crippen LogP contribution is -2.55. The summed E-state index contributed by atoms with van der Waals surface area (Å²) in [6, 6.07) is 1.37. The molecule has 3 aliphatic rings. The fourth-order valence-electron chi connectivity index (χ4n) is 3.91. The van der Waals surface area contributed by atoms with E-state index in [1.807, 2.05) is 7.05 Å². The third-order valence-electron chi connectivity index (χ3n) is 5.74. The molecular formula is C18H35N5O. The molecule has 0 radical (unpaired) electrons.